The summed E-state index contributed by atoms with van der Waals surface area (Å²) >= 11 is 13.5. The van der Waals surface area contributed by atoms with Crippen LogP contribution >= 0.6 is 35.0 Å². The van der Waals surface area contributed by atoms with Crippen LogP contribution in [0, 0.1) is 5.92 Å². The fourth-order valence-corrected chi connectivity index (χ4v) is 4.99. The van der Waals surface area contributed by atoms with Gasteiger partial charge in [0, 0.05) is 26.6 Å². The Morgan fingerprint density at radius 2 is 1.65 bits per heavy atom. The highest BCUT2D eigenvalue weighted by atomic mass is 35.5. The van der Waals surface area contributed by atoms with Crippen LogP contribution in [-0.2, 0) is 9.53 Å². The van der Waals surface area contributed by atoms with Crippen LogP contribution in [-0.4, -0.2) is 40.6 Å². The van der Waals surface area contributed by atoms with Crippen LogP contribution in [0.1, 0.15) is 45.2 Å². The van der Waals surface area contributed by atoms with Crippen molar-refractivity contribution in [2.75, 3.05) is 19.0 Å². The maximum Gasteiger partial charge on any atom is 0.249 e. The molecule has 2 atom stereocenters. The number of carbonyl (C=O) groups is 1. The molecular weight excluding hydrogens is 449 g/mol. The molecule has 2 fully saturated rings. The molecule has 0 N–H and O–H groups in total. The van der Waals surface area contributed by atoms with Crippen LogP contribution < -0.4 is 0 Å². The van der Waals surface area contributed by atoms with Crippen molar-refractivity contribution in [3.05, 3.63) is 70.2 Å². The number of amides is 1. The van der Waals surface area contributed by atoms with E-state index in [0.717, 1.165) is 21.4 Å². The van der Waals surface area contributed by atoms with E-state index in [1.807, 2.05) is 66.4 Å². The van der Waals surface area contributed by atoms with Crippen LogP contribution in [0.2, 0.25) is 10.0 Å². The second-order valence-corrected chi connectivity index (χ2v) is 11.7. The van der Waals surface area contributed by atoms with E-state index in [0.29, 0.717) is 18.6 Å². The van der Waals surface area contributed by atoms with Gasteiger partial charge in [-0.25, -0.2) is 0 Å². The fourth-order valence-electron chi connectivity index (χ4n) is 3.62. The van der Waals surface area contributed by atoms with E-state index in [2.05, 4.69) is 25.7 Å². The minimum atomic E-state index is -0.00492. The van der Waals surface area contributed by atoms with Crippen molar-refractivity contribution in [1.29, 1.82) is 0 Å². The predicted octanol–water partition coefficient (Wildman–Crippen LogP) is 6.89. The Hall–Kier alpha value is -1.20. The third kappa shape index (κ3) is 7.71. The largest absolute Gasteiger partial charge is 0.369 e. The van der Waals surface area contributed by atoms with Gasteiger partial charge < -0.3 is 9.64 Å². The van der Waals surface area contributed by atoms with Crippen molar-refractivity contribution >= 4 is 40.9 Å². The Bertz CT molecular complexity index is 835. The molecule has 2 aromatic rings. The summed E-state index contributed by atoms with van der Waals surface area (Å²) in [7, 11) is 0. The lowest BCUT2D eigenvalue weighted by molar-refractivity contribution is -0.152. The maximum atomic E-state index is 12.7. The highest BCUT2D eigenvalue weighted by Crippen LogP contribution is 2.42. The summed E-state index contributed by atoms with van der Waals surface area (Å²) in [5.41, 5.74) is 1.11. The number of nitrogens with zero attached hydrogens (tertiary/aromatic N) is 1. The number of thioether (sulfide) groups is 1. The zero-order valence-corrected chi connectivity index (χ0v) is 20.7. The van der Waals surface area contributed by atoms with Crippen molar-refractivity contribution in [2.45, 2.75) is 50.4 Å². The molecular formula is C25H31Cl2NO2S. The van der Waals surface area contributed by atoms with E-state index in [1.54, 1.807) is 0 Å². The minimum Gasteiger partial charge on any atom is -0.369 e. The molecule has 0 bridgehead atoms. The SMILES string of the molecule is CC(C)(C)SCC(C1CC1)N1C(=O)COC[C@H]1c1ccc(Cl)cc1.Clc1ccccc1. The minimum absolute atomic E-state index is 0.00492. The third-order valence-corrected chi connectivity index (χ3v) is 7.20. The number of carbonyl (C=O) groups excluding carboxylic acids is 1. The number of halogens is 2. The van der Waals surface area contributed by atoms with Crippen molar-refractivity contribution in [2.24, 2.45) is 5.92 Å². The average molecular weight is 481 g/mol. The fraction of sp³-hybridized carbons (Fsp3) is 0.480. The van der Waals surface area contributed by atoms with Gasteiger partial charge in [0.05, 0.1) is 12.6 Å². The van der Waals surface area contributed by atoms with E-state index >= 15 is 0 Å². The first-order valence-corrected chi connectivity index (χ1v) is 12.5. The Kier molecular flexibility index (Phi) is 8.74. The van der Waals surface area contributed by atoms with Crippen molar-refractivity contribution in [1.82, 2.24) is 4.90 Å². The molecule has 2 aliphatic rings. The average Bonchev–Trinajstić information content (AvgIpc) is 3.55. The molecule has 1 saturated carbocycles. The molecule has 1 heterocycles. The normalized spacial score (nSPS) is 20.1. The van der Waals surface area contributed by atoms with Crippen LogP contribution in [0.25, 0.3) is 0 Å². The molecule has 3 nitrogen and oxygen atoms in total. The van der Waals surface area contributed by atoms with Gasteiger partial charge in [0.15, 0.2) is 0 Å². The molecule has 1 unspecified atom stereocenters. The van der Waals surface area contributed by atoms with E-state index in [9.17, 15) is 4.79 Å². The van der Waals surface area contributed by atoms with Crippen LogP contribution in [0.4, 0.5) is 0 Å². The number of ether oxygens (including phenoxy) is 1. The molecule has 6 heteroatoms. The molecule has 4 rings (SSSR count). The molecule has 168 valence electrons. The second-order valence-electron chi connectivity index (χ2n) is 9.01. The van der Waals surface area contributed by atoms with Gasteiger partial charge >= 0.3 is 0 Å². The quantitative estimate of drug-likeness (QED) is 0.467. The smallest absolute Gasteiger partial charge is 0.249 e. The van der Waals surface area contributed by atoms with E-state index in [4.69, 9.17) is 27.9 Å². The molecule has 0 aromatic heterocycles. The van der Waals surface area contributed by atoms with E-state index in [-0.39, 0.29) is 23.3 Å². The lowest BCUT2D eigenvalue weighted by Crippen LogP contribution is -2.51. The topological polar surface area (TPSA) is 29.5 Å². The maximum absolute atomic E-state index is 12.7. The zero-order chi connectivity index (χ0) is 22.4. The van der Waals surface area contributed by atoms with Crippen molar-refractivity contribution in [3.8, 4) is 0 Å². The molecule has 31 heavy (non-hydrogen) atoms. The van der Waals surface area contributed by atoms with Gasteiger partial charge in [-0.1, -0.05) is 74.3 Å². The summed E-state index contributed by atoms with van der Waals surface area (Å²) < 4.78 is 5.78. The first-order chi connectivity index (χ1) is 14.7. The third-order valence-electron chi connectivity index (χ3n) is 5.32. The number of rotatable bonds is 5. The molecule has 0 spiro atoms. The van der Waals surface area contributed by atoms with Gasteiger partial charge in [0.2, 0.25) is 5.91 Å². The van der Waals surface area contributed by atoms with Crippen LogP contribution in [0.5, 0.6) is 0 Å². The lowest BCUT2D eigenvalue weighted by atomic mass is 10.0. The van der Waals surface area contributed by atoms with Gasteiger partial charge in [-0.3, -0.25) is 4.79 Å². The van der Waals surface area contributed by atoms with Crippen molar-refractivity contribution < 1.29 is 9.53 Å². The Balaban J connectivity index is 0.000000330. The van der Waals surface area contributed by atoms with Gasteiger partial charge in [-0.2, -0.15) is 11.8 Å². The predicted molar refractivity (Wildman–Crippen MR) is 132 cm³/mol. The Morgan fingerprint density at radius 3 is 2.16 bits per heavy atom. The van der Waals surface area contributed by atoms with Crippen LogP contribution in [0.15, 0.2) is 54.6 Å². The zero-order valence-electron chi connectivity index (χ0n) is 18.4. The monoisotopic (exact) mass is 479 g/mol. The standard InChI is InChI=1S/C19H26ClNO2S.C6H5Cl/c1-19(2,3)24-12-17(14-4-5-14)21-16(10-23-11-18(21)22)13-6-8-15(20)9-7-13;7-6-4-2-1-3-5-6/h6-9,14,16-17H,4-5,10-12H2,1-3H3;1-5H/t16-,17?;/m0./s1. The number of benzene rings is 2. The van der Waals surface area contributed by atoms with Crippen molar-refractivity contribution in [3.63, 3.8) is 0 Å². The highest BCUT2D eigenvalue weighted by Gasteiger charge is 2.43. The number of hydrogen-bond donors (Lipinski definition) is 0. The first kappa shape index (κ1) is 24.4. The van der Waals surface area contributed by atoms with E-state index in [1.165, 1.54) is 12.8 Å². The second kappa shape index (κ2) is 11.1. The first-order valence-electron chi connectivity index (χ1n) is 10.7. The molecule has 1 aliphatic carbocycles. The summed E-state index contributed by atoms with van der Waals surface area (Å²) in [5, 5.41) is 1.51. The Labute approximate surface area is 200 Å². The van der Waals surface area contributed by atoms with Gasteiger partial charge in [0.25, 0.3) is 0 Å². The summed E-state index contributed by atoms with van der Waals surface area (Å²) in [6.45, 7) is 7.47. The summed E-state index contributed by atoms with van der Waals surface area (Å²) in [6.07, 6.45) is 2.46. The van der Waals surface area contributed by atoms with Crippen LogP contribution in [0.3, 0.4) is 0 Å². The van der Waals surface area contributed by atoms with Gasteiger partial charge in [-0.05, 0) is 48.6 Å². The van der Waals surface area contributed by atoms with Gasteiger partial charge in [0.1, 0.15) is 6.61 Å². The number of hydrogen-bond acceptors (Lipinski definition) is 3. The molecule has 1 amide bonds. The molecule has 2 aromatic carbocycles. The lowest BCUT2D eigenvalue weighted by Gasteiger charge is -2.42. The number of morpholine rings is 1. The molecule has 1 aliphatic heterocycles. The summed E-state index contributed by atoms with van der Waals surface area (Å²) in [4.78, 5) is 14.8. The molecule has 1 saturated heterocycles. The Morgan fingerprint density at radius 1 is 1.03 bits per heavy atom. The highest BCUT2D eigenvalue weighted by molar-refractivity contribution is 8.00. The summed E-state index contributed by atoms with van der Waals surface area (Å²) in [5.74, 6) is 1.74. The van der Waals surface area contributed by atoms with E-state index < -0.39 is 0 Å². The summed E-state index contributed by atoms with van der Waals surface area (Å²) in [6, 6.07) is 17.6. The molecule has 0 radical (unpaired) electrons. The van der Waals surface area contributed by atoms with Gasteiger partial charge in [-0.15, -0.1) is 0 Å².